The molecule has 2 fully saturated rings. The van der Waals surface area contributed by atoms with Crippen LogP contribution in [0.4, 0.5) is 11.4 Å². The van der Waals surface area contributed by atoms with Gasteiger partial charge in [-0.25, -0.2) is 19.4 Å². The Kier molecular flexibility index (Phi) is 10.3. The minimum atomic E-state index is -0.694. The molecule has 4 aromatic rings. The van der Waals surface area contributed by atoms with Crippen LogP contribution in [-0.4, -0.2) is 47.8 Å². The molecule has 0 saturated heterocycles. The van der Waals surface area contributed by atoms with Gasteiger partial charge in [-0.05, 0) is 110 Å². The molecule has 8 rings (SSSR count). The monoisotopic (exact) mass is 782 g/mol. The lowest BCUT2D eigenvalue weighted by molar-refractivity contribution is -0.0181. The third-order valence-electron chi connectivity index (χ3n) is 13.1. The molecule has 0 bridgehead atoms. The molecule has 0 N–H and O–H groups in total. The van der Waals surface area contributed by atoms with E-state index in [0.29, 0.717) is 23.7 Å². The van der Waals surface area contributed by atoms with E-state index in [1.54, 1.807) is 48.5 Å². The third-order valence-corrected chi connectivity index (χ3v) is 13.1. The van der Waals surface area contributed by atoms with Gasteiger partial charge >= 0.3 is 11.9 Å². The van der Waals surface area contributed by atoms with Crippen molar-refractivity contribution in [1.82, 2.24) is 0 Å². The van der Waals surface area contributed by atoms with Gasteiger partial charge in [0.2, 0.25) is 0 Å². The number of carbonyl (C=O) groups is 6. The summed E-state index contributed by atoms with van der Waals surface area (Å²) in [5, 5.41) is 0.384. The molecule has 4 aliphatic rings. The van der Waals surface area contributed by atoms with Crippen LogP contribution in [0.2, 0.25) is 0 Å². The number of amides is 4. The smallest absolute Gasteiger partial charge is 0.340 e. The van der Waals surface area contributed by atoms with Gasteiger partial charge in [-0.1, -0.05) is 78.6 Å². The summed E-state index contributed by atoms with van der Waals surface area (Å²) in [6, 6.07) is 18.8. The Morgan fingerprint density at radius 1 is 0.517 bits per heavy atom. The molecule has 6 atom stereocenters. The van der Waals surface area contributed by atoms with E-state index >= 15 is 0 Å². The van der Waals surface area contributed by atoms with Gasteiger partial charge in [-0.3, -0.25) is 19.2 Å². The fourth-order valence-corrected chi connectivity index (χ4v) is 9.90. The highest BCUT2D eigenvalue weighted by atomic mass is 16.5. The van der Waals surface area contributed by atoms with Crippen LogP contribution >= 0.6 is 0 Å². The van der Waals surface area contributed by atoms with Gasteiger partial charge in [0.25, 0.3) is 23.6 Å². The minimum Gasteiger partial charge on any atom is -0.458 e. The number of hydrogen-bond acceptors (Lipinski definition) is 8. The largest absolute Gasteiger partial charge is 0.458 e. The molecule has 6 unspecified atom stereocenters. The SMILES string of the molecule is CC1CCC(C(C)C)C(OC(=O)c2ccccc2N2C(=O)c3ccc4c5c(ccc(c35)C2=O)C(=O)N(c2ccccc2C(=O)OC2CC(C)CCC2C(C)C)C4=O)C1. The fourth-order valence-electron chi connectivity index (χ4n) is 9.90. The zero-order valence-corrected chi connectivity index (χ0v) is 34.0. The second-order valence-electron chi connectivity index (χ2n) is 17.5. The van der Waals surface area contributed by atoms with Crippen LogP contribution in [0.3, 0.4) is 0 Å². The number of para-hydroxylation sites is 2. The van der Waals surface area contributed by atoms with E-state index in [1.165, 1.54) is 24.3 Å². The highest BCUT2D eigenvalue weighted by molar-refractivity contribution is 6.42. The van der Waals surface area contributed by atoms with Gasteiger partial charge in [0, 0.05) is 33.0 Å². The summed E-state index contributed by atoms with van der Waals surface area (Å²) >= 11 is 0. The number of imide groups is 2. The van der Waals surface area contributed by atoms with E-state index in [9.17, 15) is 28.8 Å². The molecule has 10 nitrogen and oxygen atoms in total. The lowest BCUT2D eigenvalue weighted by Gasteiger charge is -2.37. The summed E-state index contributed by atoms with van der Waals surface area (Å²) in [4.78, 5) is 87.5. The molecule has 0 aromatic heterocycles. The van der Waals surface area contributed by atoms with Crippen molar-refractivity contribution in [3.8, 4) is 0 Å². The van der Waals surface area contributed by atoms with Gasteiger partial charge < -0.3 is 9.47 Å². The molecule has 300 valence electrons. The van der Waals surface area contributed by atoms with E-state index in [2.05, 4.69) is 41.5 Å². The van der Waals surface area contributed by atoms with E-state index in [0.717, 1.165) is 48.3 Å². The van der Waals surface area contributed by atoms with Crippen LogP contribution < -0.4 is 9.80 Å². The number of anilines is 2. The Balaban J connectivity index is 1.12. The molecule has 4 amide bonds. The lowest BCUT2D eigenvalue weighted by Crippen LogP contribution is -2.44. The van der Waals surface area contributed by atoms with Crippen molar-refractivity contribution >= 4 is 57.7 Å². The number of rotatable bonds is 8. The molecule has 2 saturated carbocycles. The van der Waals surface area contributed by atoms with E-state index in [4.69, 9.17) is 9.47 Å². The van der Waals surface area contributed by atoms with Crippen molar-refractivity contribution < 1.29 is 38.2 Å². The van der Waals surface area contributed by atoms with E-state index < -0.39 is 35.6 Å². The normalized spacial score (nSPS) is 24.5. The Morgan fingerprint density at radius 2 is 0.845 bits per heavy atom. The first-order valence-electron chi connectivity index (χ1n) is 20.7. The quantitative estimate of drug-likeness (QED) is 0.128. The first-order valence-corrected chi connectivity index (χ1v) is 20.7. The first kappa shape index (κ1) is 39.2. The molecule has 58 heavy (non-hydrogen) atoms. The molecule has 10 heteroatoms. The van der Waals surface area contributed by atoms with Crippen LogP contribution in [0.1, 0.15) is 142 Å². The molecule has 2 heterocycles. The maximum absolute atomic E-state index is 14.4. The van der Waals surface area contributed by atoms with Gasteiger partial charge in [0.1, 0.15) is 12.2 Å². The zero-order chi connectivity index (χ0) is 41.2. The molecule has 0 spiro atoms. The predicted molar refractivity (Wildman–Crippen MR) is 220 cm³/mol. The summed E-state index contributed by atoms with van der Waals surface area (Å²) in [7, 11) is 0. The van der Waals surface area contributed by atoms with Gasteiger partial charge in [-0.2, -0.15) is 0 Å². The third kappa shape index (κ3) is 6.60. The van der Waals surface area contributed by atoms with Gasteiger partial charge in [0.05, 0.1) is 22.5 Å². The van der Waals surface area contributed by atoms with Gasteiger partial charge in [0.15, 0.2) is 0 Å². The van der Waals surface area contributed by atoms with Crippen LogP contribution in [0.15, 0.2) is 72.8 Å². The summed E-state index contributed by atoms with van der Waals surface area (Å²) in [5.74, 6) is -2.17. The predicted octanol–water partition coefficient (Wildman–Crippen LogP) is 9.68. The van der Waals surface area contributed by atoms with Crippen molar-refractivity contribution in [2.45, 2.75) is 92.3 Å². The van der Waals surface area contributed by atoms with E-state index in [1.807, 2.05) is 0 Å². The molecule has 2 aliphatic heterocycles. The maximum atomic E-state index is 14.4. The molecular formula is C48H50N2O8. The molecule has 0 radical (unpaired) electrons. The maximum Gasteiger partial charge on any atom is 0.340 e. The lowest BCUT2D eigenvalue weighted by atomic mass is 9.75. The fraction of sp³-hybridized carbons (Fsp3) is 0.417. The topological polar surface area (TPSA) is 127 Å². The average molecular weight is 783 g/mol. The van der Waals surface area contributed by atoms with Crippen LogP contribution in [0.25, 0.3) is 10.8 Å². The molecule has 2 aliphatic carbocycles. The first-order chi connectivity index (χ1) is 27.8. The van der Waals surface area contributed by atoms with Crippen LogP contribution in [0, 0.1) is 35.5 Å². The van der Waals surface area contributed by atoms with Gasteiger partial charge in [-0.15, -0.1) is 0 Å². The summed E-state index contributed by atoms with van der Waals surface area (Å²) in [5.41, 5.74) is 0.811. The Labute approximate surface area is 338 Å². The van der Waals surface area contributed by atoms with Crippen molar-refractivity contribution in [1.29, 1.82) is 0 Å². The summed E-state index contributed by atoms with van der Waals surface area (Å²) in [6.45, 7) is 12.8. The van der Waals surface area contributed by atoms with Crippen molar-refractivity contribution in [3.63, 3.8) is 0 Å². The van der Waals surface area contributed by atoms with Crippen molar-refractivity contribution in [2.24, 2.45) is 35.5 Å². The number of nitrogens with zero attached hydrogens (tertiary/aromatic N) is 2. The zero-order valence-electron chi connectivity index (χ0n) is 34.0. The van der Waals surface area contributed by atoms with Crippen molar-refractivity contribution in [3.05, 3.63) is 106 Å². The van der Waals surface area contributed by atoms with Crippen LogP contribution in [0.5, 0.6) is 0 Å². The highest BCUT2D eigenvalue weighted by Gasteiger charge is 2.43. The van der Waals surface area contributed by atoms with Crippen molar-refractivity contribution in [2.75, 3.05) is 9.80 Å². The second kappa shape index (κ2) is 15.3. The Hall–Kier alpha value is -5.64. The highest BCUT2D eigenvalue weighted by Crippen LogP contribution is 2.43. The minimum absolute atomic E-state index is 0.0925. The van der Waals surface area contributed by atoms with Crippen LogP contribution in [-0.2, 0) is 9.47 Å². The number of hydrogen-bond donors (Lipinski definition) is 0. The second-order valence-corrected chi connectivity index (χ2v) is 17.5. The number of ether oxygens (including phenoxy) is 2. The molecule has 4 aromatic carbocycles. The summed E-state index contributed by atoms with van der Waals surface area (Å²) in [6.07, 6.45) is 4.92. The molecular weight excluding hydrogens is 733 g/mol. The number of esters is 2. The average Bonchev–Trinajstić information content (AvgIpc) is 3.19. The summed E-state index contributed by atoms with van der Waals surface area (Å²) < 4.78 is 12.3. The Bertz CT molecular complexity index is 2150. The Morgan fingerprint density at radius 3 is 1.17 bits per heavy atom. The number of benzene rings is 4. The van der Waals surface area contributed by atoms with E-state index in [-0.39, 0.29) is 79.6 Å². The number of carbonyl (C=O) groups excluding carboxylic acids is 6. The standard InChI is InChI=1S/C48H50N2O8/c1-25(2)29-17-15-27(5)23-39(29)57-47(55)31-11-7-9-13-37(31)49-43(51)33-19-21-35-42-36(22-20-34(41(33)42)44(49)52)46(54)50(45(35)53)38-14-10-8-12-32(38)48(56)58-40-24-28(6)16-18-30(40)26(3)4/h7-14,19-22,25-30,39-40H,15-18,23-24H2,1-6H3.